The summed E-state index contributed by atoms with van der Waals surface area (Å²) in [5, 5.41) is 10.7. The average Bonchev–Trinajstić information content (AvgIpc) is 2.48. The molecule has 0 N–H and O–H groups in total. The van der Waals surface area contributed by atoms with Gasteiger partial charge in [-0.15, -0.1) is 0 Å². The lowest BCUT2D eigenvalue weighted by atomic mass is 10.1. The normalized spacial score (nSPS) is 10.6. The second kappa shape index (κ2) is 5.50. The van der Waals surface area contributed by atoms with Crippen LogP contribution in [0.15, 0.2) is 36.4 Å². The Balaban J connectivity index is 2.29. The van der Waals surface area contributed by atoms with E-state index >= 15 is 0 Å². The first kappa shape index (κ1) is 14.1. The third-order valence-electron chi connectivity index (χ3n) is 2.93. The molecular weight excluding hydrogens is 329 g/mol. The van der Waals surface area contributed by atoms with E-state index in [9.17, 15) is 5.26 Å². The summed E-state index contributed by atoms with van der Waals surface area (Å²) in [4.78, 5) is 8.77. The summed E-state index contributed by atoms with van der Waals surface area (Å²) in [6, 6.07) is 12.3. The molecule has 2 aromatic carbocycles. The van der Waals surface area contributed by atoms with E-state index in [2.05, 4.69) is 16.0 Å². The Kier molecular flexibility index (Phi) is 3.69. The first-order chi connectivity index (χ1) is 10.1. The van der Waals surface area contributed by atoms with E-state index in [4.69, 9.17) is 34.8 Å². The van der Waals surface area contributed by atoms with Crippen LogP contribution in [0.1, 0.15) is 5.69 Å². The van der Waals surface area contributed by atoms with Crippen LogP contribution in [0.5, 0.6) is 0 Å². The zero-order chi connectivity index (χ0) is 15.0. The zero-order valence-corrected chi connectivity index (χ0v) is 12.7. The fourth-order valence-corrected chi connectivity index (χ4v) is 2.38. The van der Waals surface area contributed by atoms with Crippen molar-refractivity contribution in [1.29, 1.82) is 5.26 Å². The van der Waals surface area contributed by atoms with E-state index < -0.39 is 0 Å². The van der Waals surface area contributed by atoms with Gasteiger partial charge in [-0.2, -0.15) is 5.26 Å². The number of aromatic nitrogens is 2. The summed E-state index contributed by atoms with van der Waals surface area (Å²) in [5.74, 6) is 0. The first-order valence-electron chi connectivity index (χ1n) is 5.91. The quantitative estimate of drug-likeness (QED) is 0.620. The van der Waals surface area contributed by atoms with Gasteiger partial charge in [0.05, 0.1) is 21.1 Å². The van der Waals surface area contributed by atoms with Crippen LogP contribution in [0.3, 0.4) is 0 Å². The maximum Gasteiger partial charge on any atom is 0.167 e. The Morgan fingerprint density at radius 1 is 0.857 bits per heavy atom. The molecule has 0 unspecified atom stereocenters. The SMILES string of the molecule is N#Cc1nc2cc(Cl)c(Cl)cc2nc1-c1ccc(Cl)cc1. The van der Waals surface area contributed by atoms with E-state index in [1.54, 1.807) is 36.4 Å². The Hall–Kier alpha value is -1.86. The monoisotopic (exact) mass is 333 g/mol. The highest BCUT2D eigenvalue weighted by Gasteiger charge is 2.12. The number of rotatable bonds is 1. The molecule has 0 fully saturated rings. The van der Waals surface area contributed by atoms with E-state index in [0.717, 1.165) is 5.56 Å². The molecule has 102 valence electrons. The van der Waals surface area contributed by atoms with Gasteiger partial charge in [-0.1, -0.05) is 46.9 Å². The van der Waals surface area contributed by atoms with Gasteiger partial charge in [0.2, 0.25) is 0 Å². The van der Waals surface area contributed by atoms with E-state index in [-0.39, 0.29) is 5.69 Å². The summed E-state index contributed by atoms with van der Waals surface area (Å²) >= 11 is 17.8. The van der Waals surface area contributed by atoms with Gasteiger partial charge < -0.3 is 0 Å². The van der Waals surface area contributed by atoms with Gasteiger partial charge in [0.1, 0.15) is 11.8 Å². The molecule has 0 saturated heterocycles. The van der Waals surface area contributed by atoms with Crippen molar-refractivity contribution >= 4 is 45.8 Å². The van der Waals surface area contributed by atoms with Crippen molar-refractivity contribution in [3.8, 4) is 17.3 Å². The molecular formula is C15H6Cl3N3. The molecule has 0 aliphatic carbocycles. The summed E-state index contributed by atoms with van der Waals surface area (Å²) in [6.45, 7) is 0. The summed E-state index contributed by atoms with van der Waals surface area (Å²) in [5.41, 5.74) is 2.58. The second-order valence-electron chi connectivity index (χ2n) is 4.29. The van der Waals surface area contributed by atoms with Crippen LogP contribution in [0.4, 0.5) is 0 Å². The molecule has 3 aromatic rings. The fraction of sp³-hybridized carbons (Fsp3) is 0. The van der Waals surface area contributed by atoms with E-state index in [1.807, 2.05) is 0 Å². The number of hydrogen-bond acceptors (Lipinski definition) is 3. The van der Waals surface area contributed by atoms with Crippen LogP contribution in [-0.2, 0) is 0 Å². The number of halogens is 3. The van der Waals surface area contributed by atoms with Gasteiger partial charge in [-0.05, 0) is 24.3 Å². The summed E-state index contributed by atoms with van der Waals surface area (Å²) in [7, 11) is 0. The number of benzene rings is 2. The standard InChI is InChI=1S/C15H6Cl3N3/c16-9-3-1-8(2-4-9)15-14(7-19)20-12-5-10(17)11(18)6-13(12)21-15/h1-6H. The Morgan fingerprint density at radius 3 is 2.00 bits per heavy atom. The highest BCUT2D eigenvalue weighted by molar-refractivity contribution is 6.42. The number of nitriles is 1. The maximum atomic E-state index is 9.28. The van der Waals surface area contributed by atoms with Gasteiger partial charge in [0.25, 0.3) is 0 Å². The van der Waals surface area contributed by atoms with E-state index in [1.165, 1.54) is 0 Å². The molecule has 3 rings (SSSR count). The van der Waals surface area contributed by atoms with E-state index in [0.29, 0.717) is 31.8 Å². The molecule has 0 bridgehead atoms. The molecule has 3 nitrogen and oxygen atoms in total. The summed E-state index contributed by atoms with van der Waals surface area (Å²) in [6.07, 6.45) is 0. The lowest BCUT2D eigenvalue weighted by Gasteiger charge is -2.06. The minimum atomic E-state index is 0.225. The Bertz CT molecular complexity index is 883. The minimum Gasteiger partial charge on any atom is -0.243 e. The van der Waals surface area contributed by atoms with Crippen molar-refractivity contribution < 1.29 is 0 Å². The van der Waals surface area contributed by atoms with Gasteiger partial charge in [0.15, 0.2) is 5.69 Å². The van der Waals surface area contributed by atoms with Gasteiger partial charge in [0, 0.05) is 10.6 Å². The molecule has 0 atom stereocenters. The molecule has 0 aliphatic rings. The van der Waals surface area contributed by atoms with Crippen LogP contribution >= 0.6 is 34.8 Å². The predicted octanol–water partition coefficient (Wildman–Crippen LogP) is 5.13. The van der Waals surface area contributed by atoms with Crippen LogP contribution in [0.25, 0.3) is 22.3 Å². The van der Waals surface area contributed by atoms with Crippen molar-refractivity contribution in [3.05, 3.63) is 57.2 Å². The van der Waals surface area contributed by atoms with Crippen LogP contribution in [0, 0.1) is 11.3 Å². The van der Waals surface area contributed by atoms with Crippen molar-refractivity contribution in [2.75, 3.05) is 0 Å². The Morgan fingerprint density at radius 2 is 1.43 bits per heavy atom. The van der Waals surface area contributed by atoms with Crippen molar-refractivity contribution in [2.45, 2.75) is 0 Å². The smallest absolute Gasteiger partial charge is 0.167 e. The number of nitrogens with zero attached hydrogens (tertiary/aromatic N) is 3. The zero-order valence-electron chi connectivity index (χ0n) is 10.4. The van der Waals surface area contributed by atoms with Crippen LogP contribution in [-0.4, -0.2) is 9.97 Å². The molecule has 1 aromatic heterocycles. The number of hydrogen-bond donors (Lipinski definition) is 0. The van der Waals surface area contributed by atoms with Crippen LogP contribution < -0.4 is 0 Å². The van der Waals surface area contributed by atoms with Crippen molar-refractivity contribution in [1.82, 2.24) is 9.97 Å². The third-order valence-corrected chi connectivity index (χ3v) is 3.90. The number of fused-ring (bicyclic) bond motifs is 1. The minimum absolute atomic E-state index is 0.225. The van der Waals surface area contributed by atoms with Crippen molar-refractivity contribution in [2.24, 2.45) is 0 Å². The molecule has 6 heteroatoms. The second-order valence-corrected chi connectivity index (χ2v) is 5.55. The van der Waals surface area contributed by atoms with Gasteiger partial charge in [-0.3, -0.25) is 0 Å². The predicted molar refractivity (Wildman–Crippen MR) is 84.7 cm³/mol. The van der Waals surface area contributed by atoms with Gasteiger partial charge >= 0.3 is 0 Å². The highest BCUT2D eigenvalue weighted by Crippen LogP contribution is 2.29. The lowest BCUT2D eigenvalue weighted by molar-refractivity contribution is 1.24. The third kappa shape index (κ3) is 2.66. The average molecular weight is 335 g/mol. The molecule has 0 spiro atoms. The molecule has 0 amide bonds. The molecule has 0 radical (unpaired) electrons. The summed E-state index contributed by atoms with van der Waals surface area (Å²) < 4.78 is 0. The Labute approximate surface area is 135 Å². The topological polar surface area (TPSA) is 49.6 Å². The first-order valence-corrected chi connectivity index (χ1v) is 7.04. The lowest BCUT2D eigenvalue weighted by Crippen LogP contribution is -1.95. The molecule has 1 heterocycles. The molecule has 0 saturated carbocycles. The fourth-order valence-electron chi connectivity index (χ4n) is 1.94. The largest absolute Gasteiger partial charge is 0.243 e. The maximum absolute atomic E-state index is 9.28. The molecule has 21 heavy (non-hydrogen) atoms. The highest BCUT2D eigenvalue weighted by atomic mass is 35.5. The van der Waals surface area contributed by atoms with Crippen molar-refractivity contribution in [3.63, 3.8) is 0 Å². The van der Waals surface area contributed by atoms with Gasteiger partial charge in [-0.25, -0.2) is 9.97 Å². The molecule has 0 aliphatic heterocycles. The van der Waals surface area contributed by atoms with Crippen LogP contribution in [0.2, 0.25) is 15.1 Å².